The highest BCUT2D eigenvalue weighted by Crippen LogP contribution is 2.40. The maximum atomic E-state index is 13.8. The van der Waals surface area contributed by atoms with Gasteiger partial charge in [-0.3, -0.25) is 9.78 Å². The summed E-state index contributed by atoms with van der Waals surface area (Å²) in [6.07, 6.45) is 3.40. The minimum absolute atomic E-state index is 0.283. The average molecular weight is 515 g/mol. The molecule has 2 N–H and O–H groups in total. The van der Waals surface area contributed by atoms with Gasteiger partial charge in [0.05, 0.1) is 5.57 Å². The van der Waals surface area contributed by atoms with Crippen LogP contribution in [0.3, 0.4) is 0 Å². The minimum atomic E-state index is -0.578. The van der Waals surface area contributed by atoms with E-state index in [0.29, 0.717) is 58.5 Å². The van der Waals surface area contributed by atoms with Gasteiger partial charge in [0.15, 0.2) is 17.3 Å². The first-order chi connectivity index (χ1) is 18.0. The molecule has 10 heteroatoms. The van der Waals surface area contributed by atoms with Crippen LogP contribution in [0.4, 0.5) is 11.6 Å². The Kier molecular flexibility index (Phi) is 5.77. The van der Waals surface area contributed by atoms with Gasteiger partial charge in [0, 0.05) is 34.4 Å². The number of ether oxygens (including phenoxy) is 2. The number of anilines is 2. The van der Waals surface area contributed by atoms with Crippen LogP contribution < -0.4 is 20.1 Å². The highest BCUT2D eigenvalue weighted by molar-refractivity contribution is 6.31. The summed E-state index contributed by atoms with van der Waals surface area (Å²) in [5.74, 6) is 2.02. The molecule has 0 spiro atoms. The lowest BCUT2D eigenvalue weighted by Gasteiger charge is -2.29. The number of pyridine rings is 1. The van der Waals surface area contributed by atoms with Gasteiger partial charge < -0.3 is 20.1 Å². The molecule has 2 aromatic carbocycles. The second-order valence-electron chi connectivity index (χ2n) is 8.83. The van der Waals surface area contributed by atoms with Gasteiger partial charge in [-0.1, -0.05) is 23.7 Å². The first-order valence-electron chi connectivity index (χ1n) is 11.8. The van der Waals surface area contributed by atoms with Crippen molar-refractivity contribution >= 4 is 29.1 Å². The van der Waals surface area contributed by atoms with E-state index in [-0.39, 0.29) is 5.91 Å². The summed E-state index contributed by atoms with van der Waals surface area (Å²) >= 11 is 6.30. The number of amides is 1. The van der Waals surface area contributed by atoms with Crippen LogP contribution in [0.2, 0.25) is 5.02 Å². The zero-order valence-electron chi connectivity index (χ0n) is 20.2. The molecule has 2 aromatic heterocycles. The Balaban J connectivity index is 1.45. The van der Waals surface area contributed by atoms with Crippen molar-refractivity contribution in [1.29, 1.82) is 0 Å². The monoisotopic (exact) mass is 514 g/mol. The molecule has 0 bridgehead atoms. The molecule has 2 aliphatic rings. The van der Waals surface area contributed by atoms with E-state index in [2.05, 4.69) is 15.6 Å². The number of aromatic nitrogens is 4. The van der Waals surface area contributed by atoms with Gasteiger partial charge in [0.25, 0.3) is 5.91 Å². The van der Waals surface area contributed by atoms with E-state index in [9.17, 15) is 4.79 Å². The number of benzene rings is 2. The van der Waals surface area contributed by atoms with E-state index in [0.717, 1.165) is 16.7 Å². The first kappa shape index (κ1) is 23.1. The Hall–Kier alpha value is -4.37. The molecule has 0 radical (unpaired) electrons. The fraction of sp³-hybridized carbons (Fsp3) is 0.185. The zero-order valence-corrected chi connectivity index (χ0v) is 20.9. The molecule has 0 saturated carbocycles. The zero-order chi connectivity index (χ0) is 25.5. The van der Waals surface area contributed by atoms with Crippen molar-refractivity contribution in [3.63, 3.8) is 0 Å². The Morgan fingerprint density at radius 3 is 2.73 bits per heavy atom. The number of rotatable bonds is 4. The third-order valence-corrected chi connectivity index (χ3v) is 6.74. The van der Waals surface area contributed by atoms with Gasteiger partial charge in [-0.25, -0.2) is 4.68 Å². The molecule has 4 aromatic rings. The molecule has 9 nitrogen and oxygen atoms in total. The van der Waals surface area contributed by atoms with Crippen LogP contribution in [0.25, 0.3) is 11.4 Å². The van der Waals surface area contributed by atoms with Crippen molar-refractivity contribution in [3.8, 4) is 22.9 Å². The normalized spacial score (nSPS) is 16.1. The topological polar surface area (TPSA) is 103 Å². The van der Waals surface area contributed by atoms with Crippen molar-refractivity contribution in [3.05, 3.63) is 88.3 Å². The van der Waals surface area contributed by atoms with Gasteiger partial charge in [0.1, 0.15) is 19.3 Å². The predicted octanol–water partition coefficient (Wildman–Crippen LogP) is 5.00. The standard InChI is InChI=1S/C27H23ClN6O3/c1-15-5-7-19(13-20(15)28)31-26(35)23-16(2)30-27-32-25(18-4-3-9-29-14-18)33-34(27)24(23)17-6-8-21-22(12-17)37-11-10-36-21/h3-9,12-14,24H,10-11H2,1-2H3,(H,31,35)(H,30,32,33). The molecule has 2 aliphatic heterocycles. The Morgan fingerprint density at radius 1 is 1.11 bits per heavy atom. The van der Waals surface area contributed by atoms with E-state index < -0.39 is 6.04 Å². The highest BCUT2D eigenvalue weighted by atomic mass is 35.5. The Morgan fingerprint density at radius 2 is 1.95 bits per heavy atom. The van der Waals surface area contributed by atoms with Gasteiger partial charge in [-0.05, 0) is 61.4 Å². The van der Waals surface area contributed by atoms with E-state index >= 15 is 0 Å². The Labute approximate surface area is 218 Å². The predicted molar refractivity (Wildman–Crippen MR) is 140 cm³/mol. The number of fused-ring (bicyclic) bond motifs is 2. The maximum absolute atomic E-state index is 13.8. The second kappa shape index (κ2) is 9.25. The van der Waals surface area contributed by atoms with Crippen LogP contribution >= 0.6 is 11.6 Å². The van der Waals surface area contributed by atoms with Crippen molar-refractivity contribution < 1.29 is 14.3 Å². The number of hydrogen-bond donors (Lipinski definition) is 2. The lowest BCUT2D eigenvalue weighted by atomic mass is 9.94. The molecule has 186 valence electrons. The van der Waals surface area contributed by atoms with E-state index in [4.69, 9.17) is 31.2 Å². The summed E-state index contributed by atoms with van der Waals surface area (Å²) in [5, 5.41) is 11.6. The summed E-state index contributed by atoms with van der Waals surface area (Å²) in [7, 11) is 0. The third kappa shape index (κ3) is 4.27. The molecule has 4 heterocycles. The number of carbonyl (C=O) groups is 1. The quantitative estimate of drug-likeness (QED) is 0.395. The number of halogens is 1. The van der Waals surface area contributed by atoms with E-state index in [1.165, 1.54) is 0 Å². The largest absolute Gasteiger partial charge is 0.486 e. The van der Waals surface area contributed by atoms with Crippen molar-refractivity contribution in [1.82, 2.24) is 19.7 Å². The van der Waals surface area contributed by atoms with Gasteiger partial charge >= 0.3 is 0 Å². The Bertz CT molecular complexity index is 1550. The SMILES string of the molecule is CC1=C(C(=O)Nc2ccc(C)c(Cl)c2)C(c2ccc3c(c2)OCCO3)n2nc(-c3cccnc3)nc2N1. The van der Waals surface area contributed by atoms with Crippen LogP contribution in [-0.4, -0.2) is 38.9 Å². The van der Waals surface area contributed by atoms with Crippen LogP contribution in [0.1, 0.15) is 24.1 Å². The minimum Gasteiger partial charge on any atom is -0.486 e. The molecule has 37 heavy (non-hydrogen) atoms. The fourth-order valence-electron chi connectivity index (χ4n) is 4.47. The van der Waals surface area contributed by atoms with Crippen LogP contribution in [-0.2, 0) is 4.79 Å². The molecule has 0 aliphatic carbocycles. The number of aryl methyl sites for hydroxylation is 1. The first-order valence-corrected chi connectivity index (χ1v) is 12.2. The van der Waals surface area contributed by atoms with Gasteiger partial charge in [0.2, 0.25) is 5.95 Å². The highest BCUT2D eigenvalue weighted by Gasteiger charge is 2.35. The lowest BCUT2D eigenvalue weighted by molar-refractivity contribution is -0.113. The van der Waals surface area contributed by atoms with Crippen molar-refractivity contribution in [2.75, 3.05) is 23.8 Å². The summed E-state index contributed by atoms with van der Waals surface area (Å²) in [6.45, 7) is 4.71. The summed E-state index contributed by atoms with van der Waals surface area (Å²) < 4.78 is 13.3. The number of nitrogens with one attached hydrogen (secondary N) is 2. The molecule has 1 atom stereocenters. The average Bonchev–Trinajstić information content (AvgIpc) is 3.34. The summed E-state index contributed by atoms with van der Waals surface area (Å²) in [5.41, 5.74) is 4.25. The summed E-state index contributed by atoms with van der Waals surface area (Å²) in [6, 6.07) is 14.2. The molecule has 1 unspecified atom stereocenters. The van der Waals surface area contributed by atoms with Crippen LogP contribution in [0.5, 0.6) is 11.5 Å². The number of hydrogen-bond acceptors (Lipinski definition) is 7. The molecule has 0 saturated heterocycles. The second-order valence-corrected chi connectivity index (χ2v) is 9.24. The van der Waals surface area contributed by atoms with Gasteiger partial charge in [-0.15, -0.1) is 5.10 Å². The lowest BCUT2D eigenvalue weighted by Crippen LogP contribution is -2.31. The number of allylic oxidation sites excluding steroid dienone is 1. The molecular formula is C27H23ClN6O3. The van der Waals surface area contributed by atoms with Crippen LogP contribution in [0, 0.1) is 6.92 Å². The maximum Gasteiger partial charge on any atom is 0.255 e. The molecule has 1 amide bonds. The fourth-order valence-corrected chi connectivity index (χ4v) is 4.65. The van der Waals surface area contributed by atoms with Crippen molar-refractivity contribution in [2.45, 2.75) is 19.9 Å². The van der Waals surface area contributed by atoms with E-state index in [1.807, 2.05) is 56.3 Å². The van der Waals surface area contributed by atoms with Crippen molar-refractivity contribution in [2.24, 2.45) is 0 Å². The summed E-state index contributed by atoms with van der Waals surface area (Å²) in [4.78, 5) is 22.6. The van der Waals surface area contributed by atoms with E-state index in [1.54, 1.807) is 23.1 Å². The number of nitrogens with zero attached hydrogens (tertiary/aromatic N) is 4. The molecule has 0 fully saturated rings. The van der Waals surface area contributed by atoms with Crippen LogP contribution in [0.15, 0.2) is 72.2 Å². The smallest absolute Gasteiger partial charge is 0.255 e. The molecular weight excluding hydrogens is 492 g/mol. The number of carbonyl (C=O) groups excluding carboxylic acids is 1. The molecule has 6 rings (SSSR count). The third-order valence-electron chi connectivity index (χ3n) is 6.33. The van der Waals surface area contributed by atoms with Gasteiger partial charge in [-0.2, -0.15) is 4.98 Å².